The number of carbonyl (C=O) groups excluding carboxylic acids is 1. The van der Waals surface area contributed by atoms with Gasteiger partial charge in [0, 0.05) is 23.2 Å². The smallest absolute Gasteiger partial charge is 0.261 e. The van der Waals surface area contributed by atoms with Crippen LogP contribution in [0.25, 0.3) is 0 Å². The van der Waals surface area contributed by atoms with Crippen LogP contribution < -0.4 is 4.72 Å². The molecule has 0 fully saturated rings. The van der Waals surface area contributed by atoms with Gasteiger partial charge in [0.15, 0.2) is 0 Å². The molecule has 2 aromatic carbocycles. The quantitative estimate of drug-likeness (QED) is 0.580. The Kier molecular flexibility index (Phi) is 5.98. The molecule has 0 aliphatic heterocycles. The van der Waals surface area contributed by atoms with E-state index in [1.807, 2.05) is 12.1 Å². The van der Waals surface area contributed by atoms with Crippen LogP contribution in [-0.4, -0.2) is 26.3 Å². The fraction of sp³-hybridized carbons (Fsp3) is 0.105. The molecule has 0 saturated heterocycles. The molecule has 1 amide bonds. The summed E-state index contributed by atoms with van der Waals surface area (Å²) in [7, 11) is -1.91. The fourth-order valence-electron chi connectivity index (χ4n) is 2.46. The third-order valence-corrected chi connectivity index (χ3v) is 6.81. The molecular weight excluding hydrogens is 448 g/mol. The summed E-state index contributed by atoms with van der Waals surface area (Å²) in [6, 6.07) is 18.5. The number of carbonyl (C=O) groups is 1. The number of amides is 1. The zero-order valence-corrected chi connectivity index (χ0v) is 17.6. The molecule has 3 rings (SSSR count). The van der Waals surface area contributed by atoms with Gasteiger partial charge in [0.25, 0.3) is 15.9 Å². The van der Waals surface area contributed by atoms with Crippen LogP contribution >= 0.6 is 27.3 Å². The lowest BCUT2D eigenvalue weighted by Gasteiger charge is -2.16. The molecule has 5 nitrogen and oxygen atoms in total. The summed E-state index contributed by atoms with van der Waals surface area (Å²) in [6.07, 6.45) is 0. The Morgan fingerprint density at radius 2 is 1.70 bits per heavy atom. The number of thiophene rings is 1. The second-order valence-electron chi connectivity index (χ2n) is 5.86. The number of halogens is 1. The molecule has 0 spiro atoms. The van der Waals surface area contributed by atoms with E-state index in [1.165, 1.54) is 12.1 Å². The number of nitrogens with one attached hydrogen (secondary N) is 1. The molecule has 1 aromatic heterocycles. The van der Waals surface area contributed by atoms with Crippen molar-refractivity contribution in [1.29, 1.82) is 0 Å². The molecule has 140 valence electrons. The van der Waals surface area contributed by atoms with Gasteiger partial charge < -0.3 is 4.90 Å². The molecule has 1 N–H and O–H groups in total. The number of hydrogen-bond donors (Lipinski definition) is 1. The SMILES string of the molecule is CN(Cc1ccc(Br)s1)C(=O)c1ccc(NS(=O)(=O)c2ccccc2)cc1. The summed E-state index contributed by atoms with van der Waals surface area (Å²) in [5, 5.41) is 0. The third-order valence-electron chi connectivity index (χ3n) is 3.81. The van der Waals surface area contributed by atoms with Crippen molar-refractivity contribution in [2.45, 2.75) is 11.4 Å². The highest BCUT2D eigenvalue weighted by Gasteiger charge is 2.15. The molecule has 27 heavy (non-hydrogen) atoms. The Bertz CT molecular complexity index is 1030. The minimum atomic E-state index is -3.65. The minimum absolute atomic E-state index is 0.128. The molecule has 0 saturated carbocycles. The lowest BCUT2D eigenvalue weighted by Crippen LogP contribution is -2.25. The predicted octanol–water partition coefficient (Wildman–Crippen LogP) is 4.58. The van der Waals surface area contributed by atoms with E-state index in [2.05, 4.69) is 20.7 Å². The Balaban J connectivity index is 1.68. The highest BCUT2D eigenvalue weighted by Crippen LogP contribution is 2.23. The first kappa shape index (κ1) is 19.6. The number of nitrogens with zero attached hydrogens (tertiary/aromatic N) is 1. The summed E-state index contributed by atoms with van der Waals surface area (Å²) >= 11 is 4.99. The Hall–Kier alpha value is -2.16. The molecule has 8 heteroatoms. The molecule has 3 aromatic rings. The van der Waals surface area contributed by atoms with Gasteiger partial charge in [-0.05, 0) is 64.5 Å². The van der Waals surface area contributed by atoms with E-state index < -0.39 is 10.0 Å². The Morgan fingerprint density at radius 1 is 1.04 bits per heavy atom. The summed E-state index contributed by atoms with van der Waals surface area (Å²) in [5.74, 6) is -0.128. The van der Waals surface area contributed by atoms with Gasteiger partial charge in [-0.1, -0.05) is 18.2 Å². The molecule has 0 aliphatic rings. The molecular formula is C19H17BrN2O3S2. The van der Waals surface area contributed by atoms with E-state index in [0.717, 1.165) is 8.66 Å². The van der Waals surface area contributed by atoms with Gasteiger partial charge in [-0.25, -0.2) is 8.42 Å². The lowest BCUT2D eigenvalue weighted by atomic mass is 10.2. The van der Waals surface area contributed by atoms with Crippen molar-refractivity contribution in [3.63, 3.8) is 0 Å². The number of benzene rings is 2. The van der Waals surface area contributed by atoms with E-state index in [4.69, 9.17) is 0 Å². The van der Waals surface area contributed by atoms with E-state index in [1.54, 1.807) is 65.7 Å². The first-order chi connectivity index (χ1) is 12.8. The second kappa shape index (κ2) is 8.24. The summed E-state index contributed by atoms with van der Waals surface area (Å²) in [5.41, 5.74) is 0.899. The second-order valence-corrected chi connectivity index (χ2v) is 10.1. The number of hydrogen-bond acceptors (Lipinski definition) is 4. The molecule has 0 bridgehead atoms. The average molecular weight is 465 g/mol. The van der Waals surface area contributed by atoms with Crippen LogP contribution in [0.2, 0.25) is 0 Å². The van der Waals surface area contributed by atoms with Crippen LogP contribution in [-0.2, 0) is 16.6 Å². The van der Waals surface area contributed by atoms with Crippen molar-refractivity contribution >= 4 is 48.9 Å². The van der Waals surface area contributed by atoms with Gasteiger partial charge in [-0.3, -0.25) is 9.52 Å². The minimum Gasteiger partial charge on any atom is -0.337 e. The molecule has 0 radical (unpaired) electrons. The molecule has 0 unspecified atom stereocenters. The van der Waals surface area contributed by atoms with Gasteiger partial charge >= 0.3 is 0 Å². The normalized spacial score (nSPS) is 11.2. The molecule has 0 aliphatic carbocycles. The van der Waals surface area contributed by atoms with Gasteiger partial charge in [0.1, 0.15) is 0 Å². The monoisotopic (exact) mass is 464 g/mol. The lowest BCUT2D eigenvalue weighted by molar-refractivity contribution is 0.0786. The van der Waals surface area contributed by atoms with Crippen LogP contribution in [0.3, 0.4) is 0 Å². The third kappa shape index (κ3) is 4.97. The fourth-order valence-corrected chi connectivity index (χ4v) is 5.07. The Labute approximate surface area is 170 Å². The van der Waals surface area contributed by atoms with E-state index >= 15 is 0 Å². The van der Waals surface area contributed by atoms with E-state index in [0.29, 0.717) is 17.8 Å². The molecule has 1 heterocycles. The maximum atomic E-state index is 12.6. The van der Waals surface area contributed by atoms with Crippen LogP contribution in [0, 0.1) is 0 Å². The van der Waals surface area contributed by atoms with Crippen molar-refractivity contribution in [3.05, 3.63) is 81.0 Å². The molecule has 0 atom stereocenters. The van der Waals surface area contributed by atoms with Crippen molar-refractivity contribution in [2.24, 2.45) is 0 Å². The highest BCUT2D eigenvalue weighted by molar-refractivity contribution is 9.11. The highest BCUT2D eigenvalue weighted by atomic mass is 79.9. The standard InChI is InChI=1S/C19H17BrN2O3S2/c1-22(13-16-11-12-18(20)26-16)19(23)14-7-9-15(10-8-14)21-27(24,25)17-5-3-2-4-6-17/h2-12,21H,13H2,1H3. The zero-order valence-electron chi connectivity index (χ0n) is 14.4. The number of rotatable bonds is 6. The maximum Gasteiger partial charge on any atom is 0.261 e. The number of sulfonamides is 1. The summed E-state index contributed by atoms with van der Waals surface area (Å²) in [6.45, 7) is 0.511. The van der Waals surface area contributed by atoms with Gasteiger partial charge in [-0.15, -0.1) is 11.3 Å². The van der Waals surface area contributed by atoms with E-state index in [9.17, 15) is 13.2 Å². The van der Waals surface area contributed by atoms with Crippen molar-refractivity contribution in [3.8, 4) is 0 Å². The van der Waals surface area contributed by atoms with Crippen LogP contribution in [0.5, 0.6) is 0 Å². The zero-order chi connectivity index (χ0) is 19.4. The van der Waals surface area contributed by atoms with Crippen molar-refractivity contribution in [1.82, 2.24) is 4.90 Å². The number of anilines is 1. The van der Waals surface area contributed by atoms with Crippen LogP contribution in [0.1, 0.15) is 15.2 Å². The summed E-state index contributed by atoms with van der Waals surface area (Å²) in [4.78, 5) is 15.4. The maximum absolute atomic E-state index is 12.6. The van der Waals surface area contributed by atoms with Crippen molar-refractivity contribution < 1.29 is 13.2 Å². The first-order valence-electron chi connectivity index (χ1n) is 8.03. The van der Waals surface area contributed by atoms with Crippen LogP contribution in [0.15, 0.2) is 75.4 Å². The van der Waals surface area contributed by atoms with Crippen molar-refractivity contribution in [2.75, 3.05) is 11.8 Å². The van der Waals surface area contributed by atoms with Crippen LogP contribution in [0.4, 0.5) is 5.69 Å². The summed E-state index contributed by atoms with van der Waals surface area (Å²) < 4.78 is 28.2. The van der Waals surface area contributed by atoms with Gasteiger partial charge in [0.05, 0.1) is 15.2 Å². The Morgan fingerprint density at radius 3 is 2.30 bits per heavy atom. The average Bonchev–Trinajstić information content (AvgIpc) is 3.07. The topological polar surface area (TPSA) is 66.5 Å². The predicted molar refractivity (Wildman–Crippen MR) is 112 cm³/mol. The van der Waals surface area contributed by atoms with Gasteiger partial charge in [0.2, 0.25) is 0 Å². The first-order valence-corrected chi connectivity index (χ1v) is 11.1. The largest absolute Gasteiger partial charge is 0.337 e. The van der Waals surface area contributed by atoms with E-state index in [-0.39, 0.29) is 10.8 Å². The van der Waals surface area contributed by atoms with Gasteiger partial charge in [-0.2, -0.15) is 0 Å².